The molecule has 0 aliphatic rings. The summed E-state index contributed by atoms with van der Waals surface area (Å²) in [5.74, 6) is 0. The third-order valence-corrected chi connectivity index (χ3v) is 3.88. The van der Waals surface area contributed by atoms with Gasteiger partial charge in [0.05, 0.1) is 4.75 Å². The molecule has 0 aliphatic carbocycles. The predicted molar refractivity (Wildman–Crippen MR) is 76.1 cm³/mol. The van der Waals surface area contributed by atoms with Gasteiger partial charge in [-0.1, -0.05) is 17.7 Å². The summed E-state index contributed by atoms with van der Waals surface area (Å²) in [6, 6.07) is 4.24. The van der Waals surface area contributed by atoms with E-state index in [-0.39, 0.29) is 4.75 Å². The lowest BCUT2D eigenvalue weighted by Crippen LogP contribution is -2.19. The molecule has 1 atom stereocenters. The van der Waals surface area contributed by atoms with Crippen LogP contribution in [0.5, 0.6) is 0 Å². The molecule has 0 saturated heterocycles. The van der Waals surface area contributed by atoms with Crippen LogP contribution in [-0.4, -0.2) is 15.2 Å². The van der Waals surface area contributed by atoms with Crippen LogP contribution >= 0.6 is 0 Å². The normalized spacial score (nSPS) is 14.2. The van der Waals surface area contributed by atoms with Crippen LogP contribution in [0.3, 0.4) is 0 Å². The second-order valence-corrected chi connectivity index (χ2v) is 7.34. The fourth-order valence-corrected chi connectivity index (χ4v) is 2.17. The lowest BCUT2D eigenvalue weighted by molar-refractivity contribution is 0.651. The Balaban J connectivity index is 3.05. The third-order valence-electron chi connectivity index (χ3n) is 2.54. The van der Waals surface area contributed by atoms with E-state index in [0.29, 0.717) is 0 Å². The van der Waals surface area contributed by atoms with Gasteiger partial charge in [0.2, 0.25) is 0 Å². The Morgan fingerprint density at radius 2 is 1.59 bits per heavy atom. The molecule has 0 saturated carbocycles. The highest BCUT2D eigenvalue weighted by Gasteiger charge is 2.18. The molecular formula is C14H21NOS. The van der Waals surface area contributed by atoms with Crippen molar-refractivity contribution in [2.45, 2.75) is 46.3 Å². The molecule has 3 heteroatoms. The van der Waals surface area contributed by atoms with Gasteiger partial charge < -0.3 is 0 Å². The van der Waals surface area contributed by atoms with Crippen molar-refractivity contribution in [1.82, 2.24) is 0 Å². The zero-order chi connectivity index (χ0) is 13.2. The Bertz CT molecular complexity index is 447. The van der Waals surface area contributed by atoms with Gasteiger partial charge in [-0.05, 0) is 58.2 Å². The molecule has 1 aromatic carbocycles. The van der Waals surface area contributed by atoms with Crippen molar-refractivity contribution in [3.8, 4) is 0 Å². The van der Waals surface area contributed by atoms with Gasteiger partial charge in [0.1, 0.15) is 11.0 Å². The SMILES string of the molecule is Cc1cc(C)c(/C=N/S(=O)C(C)(C)C)c(C)c1. The summed E-state index contributed by atoms with van der Waals surface area (Å²) in [6.07, 6.45) is 1.74. The van der Waals surface area contributed by atoms with Crippen LogP contribution in [0.1, 0.15) is 43.0 Å². The molecule has 0 spiro atoms. The van der Waals surface area contributed by atoms with E-state index in [2.05, 4.69) is 37.3 Å². The summed E-state index contributed by atoms with van der Waals surface area (Å²) in [5, 5.41) is 0. The number of benzene rings is 1. The molecule has 1 aromatic rings. The molecule has 2 nitrogen and oxygen atoms in total. The van der Waals surface area contributed by atoms with E-state index in [1.54, 1.807) is 6.21 Å². The quantitative estimate of drug-likeness (QED) is 0.740. The van der Waals surface area contributed by atoms with Crippen molar-refractivity contribution in [2.75, 3.05) is 0 Å². The van der Waals surface area contributed by atoms with Crippen LogP contribution in [0.4, 0.5) is 0 Å². The first kappa shape index (κ1) is 14.1. The Morgan fingerprint density at radius 3 is 2.00 bits per heavy atom. The van der Waals surface area contributed by atoms with Gasteiger partial charge >= 0.3 is 0 Å². The highest BCUT2D eigenvalue weighted by molar-refractivity contribution is 7.85. The molecule has 1 unspecified atom stereocenters. The van der Waals surface area contributed by atoms with E-state index in [9.17, 15) is 4.21 Å². The van der Waals surface area contributed by atoms with E-state index in [1.807, 2.05) is 20.8 Å². The maximum atomic E-state index is 11.8. The lowest BCUT2D eigenvalue weighted by atomic mass is 10.0. The number of aryl methyl sites for hydroxylation is 3. The first-order chi connectivity index (χ1) is 7.71. The van der Waals surface area contributed by atoms with Crippen LogP contribution in [0.2, 0.25) is 0 Å². The largest absolute Gasteiger partial charge is 0.234 e. The fraction of sp³-hybridized carbons (Fsp3) is 0.500. The molecule has 0 radical (unpaired) electrons. The first-order valence-corrected chi connectivity index (χ1v) is 6.86. The first-order valence-electron chi connectivity index (χ1n) is 5.75. The minimum Gasteiger partial charge on any atom is -0.234 e. The van der Waals surface area contributed by atoms with E-state index in [4.69, 9.17) is 0 Å². The predicted octanol–water partition coefficient (Wildman–Crippen LogP) is 3.49. The van der Waals surface area contributed by atoms with Crippen molar-refractivity contribution in [3.63, 3.8) is 0 Å². The number of rotatable bonds is 2. The number of nitrogens with zero attached hydrogens (tertiary/aromatic N) is 1. The van der Waals surface area contributed by atoms with Gasteiger partial charge in [0.15, 0.2) is 0 Å². The maximum absolute atomic E-state index is 11.8. The highest BCUT2D eigenvalue weighted by atomic mass is 32.2. The molecule has 0 bridgehead atoms. The zero-order valence-corrected chi connectivity index (χ0v) is 12.3. The highest BCUT2D eigenvalue weighted by Crippen LogP contribution is 2.16. The van der Waals surface area contributed by atoms with Crippen LogP contribution in [0.25, 0.3) is 0 Å². The van der Waals surface area contributed by atoms with Gasteiger partial charge in [-0.25, -0.2) is 4.21 Å². The van der Waals surface area contributed by atoms with Crippen molar-refractivity contribution in [2.24, 2.45) is 4.40 Å². The standard InChI is InChI=1S/C14H21NOS/c1-10-7-11(2)13(12(3)8-10)9-15-17(16)14(4,5)6/h7-9H,1-6H3/b15-9+. The minimum absolute atomic E-state index is 0.303. The van der Waals surface area contributed by atoms with Crippen molar-refractivity contribution < 1.29 is 4.21 Å². The molecule has 0 amide bonds. The Hall–Kier alpha value is -0.960. The van der Waals surface area contributed by atoms with Gasteiger partial charge in [0.25, 0.3) is 0 Å². The Morgan fingerprint density at radius 1 is 1.12 bits per heavy atom. The summed E-state index contributed by atoms with van der Waals surface area (Å²) in [4.78, 5) is 0. The van der Waals surface area contributed by atoms with Crippen molar-refractivity contribution in [3.05, 3.63) is 34.4 Å². The smallest absolute Gasteiger partial charge is 0.144 e. The van der Waals surface area contributed by atoms with E-state index in [0.717, 1.165) is 5.56 Å². The summed E-state index contributed by atoms with van der Waals surface area (Å²) < 4.78 is 15.7. The van der Waals surface area contributed by atoms with Gasteiger partial charge in [0, 0.05) is 6.21 Å². The maximum Gasteiger partial charge on any atom is 0.144 e. The van der Waals surface area contributed by atoms with E-state index >= 15 is 0 Å². The second-order valence-electron chi connectivity index (χ2n) is 5.41. The Labute approximate surface area is 107 Å². The molecule has 94 valence electrons. The molecule has 17 heavy (non-hydrogen) atoms. The summed E-state index contributed by atoms with van der Waals surface area (Å²) >= 11 is 0. The average Bonchev–Trinajstić information content (AvgIpc) is 2.13. The molecule has 0 aromatic heterocycles. The zero-order valence-electron chi connectivity index (χ0n) is 11.5. The van der Waals surface area contributed by atoms with Gasteiger partial charge in [-0.3, -0.25) is 0 Å². The van der Waals surface area contributed by atoms with Gasteiger partial charge in [-0.2, -0.15) is 4.40 Å². The van der Waals surface area contributed by atoms with Crippen LogP contribution in [0, 0.1) is 20.8 Å². The molecule has 1 rings (SSSR count). The molecule has 0 heterocycles. The molecule has 0 N–H and O–H groups in total. The van der Waals surface area contributed by atoms with Crippen molar-refractivity contribution >= 4 is 17.2 Å². The fourth-order valence-electron chi connectivity index (χ4n) is 1.65. The van der Waals surface area contributed by atoms with Crippen LogP contribution in [-0.2, 0) is 11.0 Å². The lowest BCUT2D eigenvalue weighted by Gasteiger charge is -2.13. The Kier molecular flexibility index (Phi) is 4.26. The summed E-state index contributed by atoms with van der Waals surface area (Å²) in [7, 11) is -1.19. The molecule has 0 aliphatic heterocycles. The summed E-state index contributed by atoms with van der Waals surface area (Å²) in [6.45, 7) is 12.0. The average molecular weight is 251 g/mol. The third kappa shape index (κ3) is 3.77. The van der Waals surface area contributed by atoms with Crippen LogP contribution in [0.15, 0.2) is 16.5 Å². The minimum atomic E-state index is -1.19. The monoisotopic (exact) mass is 251 g/mol. The van der Waals surface area contributed by atoms with Crippen LogP contribution < -0.4 is 0 Å². The molecule has 0 fully saturated rings. The van der Waals surface area contributed by atoms with Crippen molar-refractivity contribution in [1.29, 1.82) is 0 Å². The van der Waals surface area contributed by atoms with E-state index in [1.165, 1.54) is 16.7 Å². The van der Waals surface area contributed by atoms with E-state index < -0.39 is 11.0 Å². The summed E-state index contributed by atoms with van der Waals surface area (Å²) in [5.41, 5.74) is 4.68. The second kappa shape index (κ2) is 5.13. The molecular weight excluding hydrogens is 230 g/mol. The topological polar surface area (TPSA) is 29.4 Å². The number of hydrogen-bond donors (Lipinski definition) is 0. The number of hydrogen-bond acceptors (Lipinski definition) is 1. The van der Waals surface area contributed by atoms with Gasteiger partial charge in [-0.15, -0.1) is 0 Å².